The number of ether oxygens (including phenoxy) is 1. The maximum absolute atomic E-state index is 13.0. The molecule has 0 fully saturated rings. The highest BCUT2D eigenvalue weighted by molar-refractivity contribution is 5.72. The predicted octanol–water partition coefficient (Wildman–Crippen LogP) is 13.9. The summed E-state index contributed by atoms with van der Waals surface area (Å²) in [6.07, 6.45) is 53.0. The number of hydrogen-bond acceptors (Lipinski definition) is 3. The summed E-state index contributed by atoms with van der Waals surface area (Å²) in [5, 5.41) is 0. The average molecular weight is 656 g/mol. The Morgan fingerprint density at radius 1 is 0.489 bits per heavy atom. The molecule has 0 aliphatic carbocycles. The predicted molar refractivity (Wildman–Crippen MR) is 210 cm³/mol. The molecule has 0 heterocycles. The lowest BCUT2D eigenvalue weighted by Gasteiger charge is -2.16. The highest BCUT2D eigenvalue weighted by atomic mass is 16.5. The second kappa shape index (κ2) is 38.8. The smallest absolute Gasteiger partial charge is 0.308 e. The van der Waals surface area contributed by atoms with E-state index in [-0.39, 0.29) is 11.9 Å². The lowest BCUT2D eigenvalue weighted by atomic mass is 9.94. The van der Waals surface area contributed by atoms with Gasteiger partial charge in [-0.15, -0.1) is 0 Å². The highest BCUT2D eigenvalue weighted by Gasteiger charge is 2.19. The maximum Gasteiger partial charge on any atom is 0.308 e. The minimum absolute atomic E-state index is 0.0695. The molecule has 0 amide bonds. The zero-order valence-electron chi connectivity index (χ0n) is 32.2. The Kier molecular flexibility index (Phi) is 37.5. The van der Waals surface area contributed by atoms with Gasteiger partial charge in [0, 0.05) is 0 Å². The van der Waals surface area contributed by atoms with Gasteiger partial charge in [-0.25, -0.2) is 0 Å². The monoisotopic (exact) mass is 656 g/mol. The van der Waals surface area contributed by atoms with Gasteiger partial charge < -0.3 is 9.64 Å². The van der Waals surface area contributed by atoms with E-state index in [0.717, 1.165) is 57.9 Å². The van der Waals surface area contributed by atoms with E-state index in [1.165, 1.54) is 128 Å². The molecule has 0 aromatic rings. The van der Waals surface area contributed by atoms with Gasteiger partial charge in [0.2, 0.25) is 0 Å². The minimum atomic E-state index is 0.0695. The molecule has 0 atom stereocenters. The zero-order chi connectivity index (χ0) is 34.3. The summed E-state index contributed by atoms with van der Waals surface area (Å²) >= 11 is 0. The first-order valence-corrected chi connectivity index (χ1v) is 20.5. The number of carbonyl (C=O) groups is 1. The summed E-state index contributed by atoms with van der Waals surface area (Å²) in [6.45, 7) is 6.16. The first-order chi connectivity index (χ1) is 23.1. The molecule has 0 saturated carbocycles. The SMILES string of the molecule is CCCCC/C=C\C/C=C\CCCCCCCCC(CCCCCCCC/C=C\C/C=C\CCCCC)C(=O)OCCCCN(C)C. The molecule has 3 nitrogen and oxygen atoms in total. The Hall–Kier alpha value is -1.61. The standard InChI is InChI=1S/C44H81NO2/c1-5-7-9-11-13-15-17-19-21-23-25-27-29-31-33-35-39-43(44(46)47-42-38-37-41-45(3)4)40-36-34-32-30-28-26-24-22-20-18-16-14-12-10-8-6-2/h13-16,19-22,43H,5-12,17-18,23-42H2,1-4H3/b15-13-,16-14-,21-19-,22-20-. The molecule has 0 aromatic heterocycles. The van der Waals surface area contributed by atoms with Gasteiger partial charge >= 0.3 is 5.97 Å². The molecule has 274 valence electrons. The van der Waals surface area contributed by atoms with Gasteiger partial charge in [-0.2, -0.15) is 0 Å². The van der Waals surface area contributed by atoms with Gasteiger partial charge in [-0.1, -0.05) is 152 Å². The fourth-order valence-corrected chi connectivity index (χ4v) is 5.96. The van der Waals surface area contributed by atoms with Crippen molar-refractivity contribution in [1.29, 1.82) is 0 Å². The Morgan fingerprint density at radius 2 is 0.872 bits per heavy atom. The topological polar surface area (TPSA) is 29.5 Å². The lowest BCUT2D eigenvalue weighted by Crippen LogP contribution is -2.19. The van der Waals surface area contributed by atoms with E-state index in [1.807, 2.05) is 0 Å². The molecular weight excluding hydrogens is 574 g/mol. The second-order valence-corrected chi connectivity index (χ2v) is 14.1. The zero-order valence-corrected chi connectivity index (χ0v) is 32.2. The number of esters is 1. The largest absolute Gasteiger partial charge is 0.465 e. The van der Waals surface area contributed by atoms with E-state index in [2.05, 4.69) is 81.5 Å². The number of allylic oxidation sites excluding steroid dienone is 8. The molecule has 0 rings (SSSR count). The van der Waals surface area contributed by atoms with E-state index < -0.39 is 0 Å². The van der Waals surface area contributed by atoms with Crippen LogP contribution in [0.25, 0.3) is 0 Å². The lowest BCUT2D eigenvalue weighted by molar-refractivity contribution is -0.149. The number of hydrogen-bond donors (Lipinski definition) is 0. The van der Waals surface area contributed by atoms with Crippen molar-refractivity contribution in [2.75, 3.05) is 27.2 Å². The van der Waals surface area contributed by atoms with Crippen molar-refractivity contribution in [2.45, 2.75) is 194 Å². The fraction of sp³-hybridized carbons (Fsp3) is 0.795. The van der Waals surface area contributed by atoms with Crippen molar-refractivity contribution >= 4 is 5.97 Å². The van der Waals surface area contributed by atoms with Crippen LogP contribution in [-0.4, -0.2) is 38.1 Å². The van der Waals surface area contributed by atoms with Crippen molar-refractivity contribution < 1.29 is 9.53 Å². The molecule has 0 aliphatic rings. The normalized spacial score (nSPS) is 12.4. The molecule has 0 N–H and O–H groups in total. The Morgan fingerprint density at radius 3 is 1.28 bits per heavy atom. The quantitative estimate of drug-likeness (QED) is 0.0382. The Balaban J connectivity index is 4.07. The second-order valence-electron chi connectivity index (χ2n) is 14.1. The van der Waals surface area contributed by atoms with Crippen LogP contribution in [0.5, 0.6) is 0 Å². The summed E-state index contributed by atoms with van der Waals surface area (Å²) in [6, 6.07) is 0. The van der Waals surface area contributed by atoms with Gasteiger partial charge in [-0.3, -0.25) is 4.79 Å². The van der Waals surface area contributed by atoms with E-state index >= 15 is 0 Å². The van der Waals surface area contributed by atoms with E-state index in [0.29, 0.717) is 6.61 Å². The van der Waals surface area contributed by atoms with Crippen LogP contribution in [0.15, 0.2) is 48.6 Å². The molecule has 47 heavy (non-hydrogen) atoms. The summed E-state index contributed by atoms with van der Waals surface area (Å²) < 4.78 is 5.77. The number of nitrogens with zero attached hydrogens (tertiary/aromatic N) is 1. The molecule has 0 saturated heterocycles. The first-order valence-electron chi connectivity index (χ1n) is 20.5. The minimum Gasteiger partial charge on any atom is -0.465 e. The summed E-state index contributed by atoms with van der Waals surface area (Å²) in [5.74, 6) is 0.167. The molecule has 0 bridgehead atoms. The van der Waals surface area contributed by atoms with Crippen molar-refractivity contribution in [3.8, 4) is 0 Å². The summed E-state index contributed by atoms with van der Waals surface area (Å²) in [7, 11) is 4.20. The van der Waals surface area contributed by atoms with Crippen LogP contribution in [0.4, 0.5) is 0 Å². The molecular formula is C44H81NO2. The first kappa shape index (κ1) is 45.4. The van der Waals surface area contributed by atoms with Gasteiger partial charge in [0.05, 0.1) is 12.5 Å². The Labute approximate surface area is 295 Å². The molecule has 0 aromatic carbocycles. The molecule has 0 aliphatic heterocycles. The van der Waals surface area contributed by atoms with Crippen LogP contribution in [0, 0.1) is 5.92 Å². The number of carbonyl (C=O) groups excluding carboxylic acids is 1. The summed E-state index contributed by atoms with van der Waals surface area (Å²) in [5.41, 5.74) is 0. The van der Waals surface area contributed by atoms with Gasteiger partial charge in [0.1, 0.15) is 0 Å². The molecule has 0 radical (unpaired) electrons. The highest BCUT2D eigenvalue weighted by Crippen LogP contribution is 2.21. The van der Waals surface area contributed by atoms with Crippen LogP contribution in [0.3, 0.4) is 0 Å². The number of rotatable bonds is 36. The van der Waals surface area contributed by atoms with Gasteiger partial charge in [0.15, 0.2) is 0 Å². The van der Waals surface area contributed by atoms with Crippen LogP contribution in [0.2, 0.25) is 0 Å². The molecule has 3 heteroatoms. The van der Waals surface area contributed by atoms with Crippen molar-refractivity contribution in [1.82, 2.24) is 4.90 Å². The van der Waals surface area contributed by atoms with Crippen LogP contribution >= 0.6 is 0 Å². The van der Waals surface area contributed by atoms with E-state index in [9.17, 15) is 4.79 Å². The van der Waals surface area contributed by atoms with Crippen LogP contribution < -0.4 is 0 Å². The van der Waals surface area contributed by atoms with E-state index in [1.54, 1.807) is 0 Å². The van der Waals surface area contributed by atoms with Crippen LogP contribution in [0.1, 0.15) is 194 Å². The van der Waals surface area contributed by atoms with Crippen LogP contribution in [-0.2, 0) is 9.53 Å². The fourth-order valence-electron chi connectivity index (χ4n) is 5.96. The van der Waals surface area contributed by atoms with E-state index in [4.69, 9.17) is 4.74 Å². The third kappa shape index (κ3) is 37.1. The van der Waals surface area contributed by atoms with Gasteiger partial charge in [-0.05, 0) is 111 Å². The van der Waals surface area contributed by atoms with Crippen molar-refractivity contribution in [3.05, 3.63) is 48.6 Å². The number of unbranched alkanes of at least 4 members (excludes halogenated alkanes) is 19. The molecule has 0 unspecified atom stereocenters. The van der Waals surface area contributed by atoms with Gasteiger partial charge in [0.25, 0.3) is 0 Å². The summed E-state index contributed by atoms with van der Waals surface area (Å²) in [4.78, 5) is 15.2. The van der Waals surface area contributed by atoms with Crippen molar-refractivity contribution in [2.24, 2.45) is 5.92 Å². The maximum atomic E-state index is 13.0. The third-order valence-corrected chi connectivity index (χ3v) is 9.08. The third-order valence-electron chi connectivity index (χ3n) is 9.08. The molecule has 0 spiro atoms. The van der Waals surface area contributed by atoms with Crippen molar-refractivity contribution in [3.63, 3.8) is 0 Å². The Bertz CT molecular complexity index is 702. The average Bonchev–Trinajstić information content (AvgIpc) is 3.06.